The van der Waals surface area contributed by atoms with Crippen LogP contribution in [0.25, 0.3) is 0 Å². The summed E-state index contributed by atoms with van der Waals surface area (Å²) in [5.74, 6) is -3.87. The lowest BCUT2D eigenvalue weighted by Crippen LogP contribution is -2.59. The van der Waals surface area contributed by atoms with Gasteiger partial charge in [0, 0.05) is 12.8 Å². The highest BCUT2D eigenvalue weighted by atomic mass is 16.5. The summed E-state index contributed by atoms with van der Waals surface area (Å²) >= 11 is 0. The number of nitrogens with two attached hydrogens (primary N) is 1. The number of ether oxygens (including phenoxy) is 2. The highest BCUT2D eigenvalue weighted by Crippen LogP contribution is 2.10. The van der Waals surface area contributed by atoms with Crippen LogP contribution < -0.4 is 27.0 Å². The standard InChI is InChI=1S/C37H45N5O8/c1-3-4-20-28(42-37(48)50-24-27-18-12-7-13-19-27)33(44)40-30(23-32(38)43)35(46)39-29(21-25-14-8-5-9-15-25)34(45)41-31(36(47)49-2)22-26-16-10-6-11-17-26/h5-19,28-31H,3-4,20-24H2,1-2H3,(H2,38,43)(H,39,46)(H,40,44)(H,41,45)(H,42,48)/t28-,29-,30-,31-/m0/s1. The average Bonchev–Trinajstić information content (AvgIpc) is 3.12. The van der Waals surface area contributed by atoms with Crippen LogP contribution in [0.2, 0.25) is 0 Å². The van der Waals surface area contributed by atoms with Gasteiger partial charge in [0.15, 0.2) is 0 Å². The number of benzene rings is 3. The molecule has 0 saturated heterocycles. The van der Waals surface area contributed by atoms with Gasteiger partial charge in [-0.05, 0) is 23.1 Å². The van der Waals surface area contributed by atoms with Crippen molar-refractivity contribution in [2.45, 2.75) is 76.2 Å². The molecule has 0 aliphatic carbocycles. The number of nitrogens with one attached hydrogen (secondary N) is 4. The van der Waals surface area contributed by atoms with Crippen LogP contribution in [-0.4, -0.2) is 67.0 Å². The molecule has 0 aliphatic rings. The molecule has 3 aromatic carbocycles. The highest BCUT2D eigenvalue weighted by molar-refractivity contribution is 5.96. The molecule has 0 saturated carbocycles. The number of primary amides is 1. The summed E-state index contributed by atoms with van der Waals surface area (Å²) in [6, 6.07) is 22.0. The van der Waals surface area contributed by atoms with Crippen LogP contribution in [0.4, 0.5) is 4.79 Å². The second kappa shape index (κ2) is 20.6. The van der Waals surface area contributed by atoms with Gasteiger partial charge >= 0.3 is 12.1 Å². The predicted molar refractivity (Wildman–Crippen MR) is 185 cm³/mol. The van der Waals surface area contributed by atoms with Crippen molar-refractivity contribution in [3.8, 4) is 0 Å². The van der Waals surface area contributed by atoms with Crippen molar-refractivity contribution in [3.63, 3.8) is 0 Å². The van der Waals surface area contributed by atoms with Gasteiger partial charge in [-0.3, -0.25) is 19.2 Å². The third-order valence-corrected chi connectivity index (χ3v) is 7.71. The van der Waals surface area contributed by atoms with E-state index in [1.54, 1.807) is 78.9 Å². The number of hydrogen-bond acceptors (Lipinski definition) is 8. The molecule has 0 radical (unpaired) electrons. The number of esters is 1. The summed E-state index contributed by atoms with van der Waals surface area (Å²) in [6.07, 6.45) is 0.221. The molecule has 6 N–H and O–H groups in total. The first-order valence-corrected chi connectivity index (χ1v) is 16.4. The van der Waals surface area contributed by atoms with Gasteiger partial charge in [0.2, 0.25) is 23.6 Å². The lowest BCUT2D eigenvalue weighted by Gasteiger charge is -2.26. The maximum Gasteiger partial charge on any atom is 0.408 e. The predicted octanol–water partition coefficient (Wildman–Crippen LogP) is 2.46. The first kappa shape index (κ1) is 38.7. The SMILES string of the molecule is CCCC[C@H](NC(=O)OCc1ccccc1)C(=O)N[C@@H](CC(N)=O)C(=O)N[C@@H](Cc1ccccc1)C(=O)N[C@@H](Cc1ccccc1)C(=O)OC. The highest BCUT2D eigenvalue weighted by Gasteiger charge is 2.32. The summed E-state index contributed by atoms with van der Waals surface area (Å²) in [5.41, 5.74) is 7.67. The summed E-state index contributed by atoms with van der Waals surface area (Å²) in [7, 11) is 1.21. The Hall–Kier alpha value is -5.72. The van der Waals surface area contributed by atoms with Gasteiger partial charge < -0.3 is 36.5 Å². The molecule has 0 heterocycles. The number of alkyl carbamates (subject to hydrolysis) is 1. The van der Waals surface area contributed by atoms with E-state index in [0.29, 0.717) is 18.4 Å². The van der Waals surface area contributed by atoms with Crippen molar-refractivity contribution in [1.82, 2.24) is 21.3 Å². The fraction of sp³-hybridized carbons (Fsp3) is 0.351. The van der Waals surface area contributed by atoms with Crippen molar-refractivity contribution in [1.29, 1.82) is 0 Å². The zero-order chi connectivity index (χ0) is 36.3. The van der Waals surface area contributed by atoms with E-state index in [1.165, 1.54) is 7.11 Å². The molecule has 50 heavy (non-hydrogen) atoms. The van der Waals surface area contributed by atoms with E-state index < -0.39 is 66.3 Å². The number of carbonyl (C=O) groups excluding carboxylic acids is 6. The molecule has 0 fully saturated rings. The molecular formula is C37H45N5O8. The summed E-state index contributed by atoms with van der Waals surface area (Å²) < 4.78 is 10.2. The molecule has 3 aromatic rings. The van der Waals surface area contributed by atoms with Crippen molar-refractivity contribution in [2.24, 2.45) is 5.73 Å². The van der Waals surface area contributed by atoms with Crippen LogP contribution in [0.3, 0.4) is 0 Å². The van der Waals surface area contributed by atoms with E-state index in [-0.39, 0.29) is 25.9 Å². The Morgan fingerprint density at radius 1 is 0.620 bits per heavy atom. The van der Waals surface area contributed by atoms with Crippen LogP contribution in [0.15, 0.2) is 91.0 Å². The minimum atomic E-state index is -1.49. The average molecular weight is 688 g/mol. The smallest absolute Gasteiger partial charge is 0.408 e. The van der Waals surface area contributed by atoms with Crippen LogP contribution >= 0.6 is 0 Å². The topological polar surface area (TPSA) is 195 Å². The summed E-state index contributed by atoms with van der Waals surface area (Å²) in [4.78, 5) is 78.2. The van der Waals surface area contributed by atoms with Gasteiger partial charge in [-0.25, -0.2) is 9.59 Å². The molecular weight excluding hydrogens is 642 g/mol. The molecule has 0 unspecified atom stereocenters. The second-order valence-corrected chi connectivity index (χ2v) is 11.7. The fourth-order valence-corrected chi connectivity index (χ4v) is 5.06. The Bertz CT molecular complexity index is 1560. The first-order valence-electron chi connectivity index (χ1n) is 16.4. The molecule has 13 nitrogen and oxygen atoms in total. The van der Waals surface area contributed by atoms with Gasteiger partial charge in [-0.1, -0.05) is 111 Å². The van der Waals surface area contributed by atoms with E-state index in [1.807, 2.05) is 19.1 Å². The zero-order valence-electron chi connectivity index (χ0n) is 28.3. The molecule has 3 rings (SSSR count). The molecule has 13 heteroatoms. The van der Waals surface area contributed by atoms with Gasteiger partial charge in [0.1, 0.15) is 30.8 Å². The van der Waals surface area contributed by atoms with Gasteiger partial charge in [-0.2, -0.15) is 0 Å². The van der Waals surface area contributed by atoms with Gasteiger partial charge in [-0.15, -0.1) is 0 Å². The zero-order valence-corrected chi connectivity index (χ0v) is 28.3. The van der Waals surface area contributed by atoms with E-state index >= 15 is 0 Å². The maximum absolute atomic E-state index is 13.7. The van der Waals surface area contributed by atoms with Crippen molar-refractivity contribution in [3.05, 3.63) is 108 Å². The first-order chi connectivity index (χ1) is 24.1. The van der Waals surface area contributed by atoms with Crippen LogP contribution in [0, 0.1) is 0 Å². The number of rotatable bonds is 19. The van der Waals surface area contributed by atoms with Gasteiger partial charge in [0.25, 0.3) is 0 Å². The Kier molecular flexibility index (Phi) is 16.0. The van der Waals surface area contributed by atoms with E-state index in [2.05, 4.69) is 21.3 Å². The van der Waals surface area contributed by atoms with Crippen molar-refractivity contribution in [2.75, 3.05) is 7.11 Å². The number of amides is 5. The third kappa shape index (κ3) is 13.4. The monoisotopic (exact) mass is 687 g/mol. The van der Waals surface area contributed by atoms with E-state index in [4.69, 9.17) is 15.2 Å². The van der Waals surface area contributed by atoms with Crippen LogP contribution in [0.1, 0.15) is 49.3 Å². The van der Waals surface area contributed by atoms with Crippen molar-refractivity contribution < 1.29 is 38.2 Å². The normalized spacial score (nSPS) is 13.0. The quantitative estimate of drug-likeness (QED) is 0.119. The molecule has 0 spiro atoms. The molecule has 4 atom stereocenters. The van der Waals surface area contributed by atoms with E-state index in [9.17, 15) is 28.8 Å². The Labute approximate surface area is 291 Å². The molecule has 0 aliphatic heterocycles. The molecule has 0 bridgehead atoms. The number of methoxy groups -OCH3 is 1. The third-order valence-electron chi connectivity index (χ3n) is 7.71. The summed E-state index contributed by atoms with van der Waals surface area (Å²) in [5, 5.41) is 10.4. The number of hydrogen-bond donors (Lipinski definition) is 5. The van der Waals surface area contributed by atoms with Crippen LogP contribution in [0.5, 0.6) is 0 Å². The lowest BCUT2D eigenvalue weighted by atomic mass is 10.0. The fourth-order valence-electron chi connectivity index (χ4n) is 5.06. The minimum absolute atomic E-state index is 0.0167. The Morgan fingerprint density at radius 3 is 1.60 bits per heavy atom. The number of unbranched alkanes of at least 4 members (excludes halogenated alkanes) is 1. The van der Waals surface area contributed by atoms with E-state index in [0.717, 1.165) is 11.1 Å². The summed E-state index contributed by atoms with van der Waals surface area (Å²) in [6.45, 7) is 1.89. The second-order valence-electron chi connectivity index (χ2n) is 11.7. The molecule has 0 aromatic heterocycles. The maximum atomic E-state index is 13.7. The molecule has 5 amide bonds. The Morgan fingerprint density at radius 2 is 1.08 bits per heavy atom. The van der Waals surface area contributed by atoms with Gasteiger partial charge in [0.05, 0.1) is 13.5 Å². The molecule has 266 valence electrons. The Balaban J connectivity index is 1.78. The largest absolute Gasteiger partial charge is 0.467 e. The van der Waals surface area contributed by atoms with Crippen molar-refractivity contribution >= 4 is 35.7 Å². The lowest BCUT2D eigenvalue weighted by molar-refractivity contribution is -0.145. The van der Waals surface area contributed by atoms with Crippen LogP contribution in [-0.2, 0) is 52.9 Å². The number of carbonyl (C=O) groups is 6. The minimum Gasteiger partial charge on any atom is -0.467 e.